The van der Waals surface area contributed by atoms with Gasteiger partial charge in [-0.25, -0.2) is 4.98 Å². The van der Waals surface area contributed by atoms with Gasteiger partial charge >= 0.3 is 0 Å². The molecule has 2 heterocycles. The second kappa shape index (κ2) is 8.19. The highest BCUT2D eigenvalue weighted by atomic mass is 35.5. The van der Waals surface area contributed by atoms with E-state index in [4.69, 9.17) is 16.6 Å². The van der Waals surface area contributed by atoms with Crippen molar-refractivity contribution < 1.29 is 0 Å². The second-order valence-electron chi connectivity index (χ2n) is 6.72. The quantitative estimate of drug-likeness (QED) is 0.336. The van der Waals surface area contributed by atoms with Crippen molar-refractivity contribution in [1.82, 2.24) is 4.98 Å². The van der Waals surface area contributed by atoms with Crippen molar-refractivity contribution in [3.05, 3.63) is 83.9 Å². The van der Waals surface area contributed by atoms with Crippen LogP contribution in [-0.4, -0.2) is 17.3 Å². The Bertz CT molecular complexity index is 1160. The number of aromatic nitrogens is 1. The maximum atomic E-state index is 6.48. The van der Waals surface area contributed by atoms with Crippen molar-refractivity contribution in [2.75, 3.05) is 21.3 Å². The molecule has 6 heteroatoms. The summed E-state index contributed by atoms with van der Waals surface area (Å²) in [6.45, 7) is 1.13. The largest absolute Gasteiger partial charge is 0.326 e. The molecule has 0 aliphatic carbocycles. The fourth-order valence-electron chi connectivity index (χ4n) is 3.19. The van der Waals surface area contributed by atoms with Crippen molar-refractivity contribution in [3.63, 3.8) is 0 Å². The molecule has 1 saturated heterocycles. The number of para-hydroxylation sites is 1. The van der Waals surface area contributed by atoms with Crippen LogP contribution in [0, 0.1) is 0 Å². The number of halogens is 1. The topological polar surface area (TPSA) is 28.2 Å². The molecule has 4 aromatic rings. The fraction of sp³-hybridized carbons (Fsp3) is 0.0870. The van der Waals surface area contributed by atoms with Crippen LogP contribution in [0.1, 0.15) is 0 Å². The summed E-state index contributed by atoms with van der Waals surface area (Å²) >= 11 is 9.95. The van der Waals surface area contributed by atoms with Crippen LogP contribution in [0.3, 0.4) is 0 Å². The zero-order valence-corrected chi connectivity index (χ0v) is 17.9. The summed E-state index contributed by atoms with van der Waals surface area (Å²) in [5, 5.41) is 1.82. The van der Waals surface area contributed by atoms with Crippen molar-refractivity contribution in [2.45, 2.75) is 4.90 Å². The molecule has 1 aromatic heterocycles. The molecule has 0 unspecified atom stereocenters. The molecule has 0 atom stereocenters. The van der Waals surface area contributed by atoms with Crippen LogP contribution in [0.15, 0.2) is 83.8 Å². The molecule has 1 aliphatic rings. The molecule has 0 radical (unpaired) electrons. The Balaban J connectivity index is 1.34. The molecule has 0 saturated carbocycles. The fourth-order valence-corrected chi connectivity index (χ4v) is 4.67. The van der Waals surface area contributed by atoms with Gasteiger partial charge in [0.05, 0.1) is 16.2 Å². The lowest BCUT2D eigenvalue weighted by Gasteiger charge is -2.31. The van der Waals surface area contributed by atoms with Crippen LogP contribution >= 0.6 is 35.5 Å². The van der Waals surface area contributed by atoms with E-state index in [2.05, 4.69) is 51.5 Å². The molecular formula is C23H18ClN3S2. The van der Waals surface area contributed by atoms with Crippen LogP contribution in [0.4, 0.5) is 11.4 Å². The number of hydrogen-bond donors (Lipinski definition) is 1. The van der Waals surface area contributed by atoms with Crippen molar-refractivity contribution in [1.29, 1.82) is 0 Å². The summed E-state index contributed by atoms with van der Waals surface area (Å²) < 4.78 is 5.73. The molecular weight excluding hydrogens is 418 g/mol. The molecule has 0 bridgehead atoms. The van der Waals surface area contributed by atoms with E-state index in [0.29, 0.717) is 5.02 Å². The lowest BCUT2D eigenvalue weighted by atomic mass is 10.1. The number of hydrogen-bond acceptors (Lipinski definition) is 5. The van der Waals surface area contributed by atoms with E-state index in [0.717, 1.165) is 34.4 Å². The lowest BCUT2D eigenvalue weighted by molar-refractivity contribution is 1.06. The lowest BCUT2D eigenvalue weighted by Crippen LogP contribution is -2.28. The van der Waals surface area contributed by atoms with Gasteiger partial charge in [-0.3, -0.25) is 0 Å². The Kier molecular flexibility index (Phi) is 5.27. The molecule has 144 valence electrons. The zero-order valence-electron chi connectivity index (χ0n) is 15.5. The number of nitrogens with zero attached hydrogens (tertiary/aromatic N) is 2. The standard InChI is InChI=1S/C23H18ClN3S2/c24-21-11-6-17(26-29-19-9-7-18(8-10-19)27-13-14-28-27)15-20(21)23-12-5-16-3-1-2-4-22(16)25-23/h1-12,15,26H,13-14H2. The Hall–Kier alpha value is -2.34. The minimum atomic E-state index is 0.694. The minimum Gasteiger partial charge on any atom is -0.326 e. The first-order valence-electron chi connectivity index (χ1n) is 9.35. The van der Waals surface area contributed by atoms with Gasteiger partial charge in [-0.2, -0.15) is 0 Å². The van der Waals surface area contributed by atoms with E-state index < -0.39 is 0 Å². The molecule has 3 aromatic carbocycles. The molecule has 0 amide bonds. The molecule has 29 heavy (non-hydrogen) atoms. The zero-order chi connectivity index (χ0) is 19.6. The number of benzene rings is 3. The summed E-state index contributed by atoms with van der Waals surface area (Å²) in [6.07, 6.45) is 0. The van der Waals surface area contributed by atoms with Crippen LogP contribution in [0.5, 0.6) is 0 Å². The highest BCUT2D eigenvalue weighted by Crippen LogP contribution is 2.34. The maximum Gasteiger partial charge on any atom is 0.0725 e. The van der Waals surface area contributed by atoms with Gasteiger partial charge in [-0.05, 0) is 78.5 Å². The summed E-state index contributed by atoms with van der Waals surface area (Å²) in [5.74, 6) is 1.21. The smallest absolute Gasteiger partial charge is 0.0725 e. The summed E-state index contributed by atoms with van der Waals surface area (Å²) in [4.78, 5) is 5.95. The maximum absolute atomic E-state index is 6.48. The van der Waals surface area contributed by atoms with Crippen molar-refractivity contribution in [3.8, 4) is 11.3 Å². The third-order valence-electron chi connectivity index (χ3n) is 4.79. The summed E-state index contributed by atoms with van der Waals surface area (Å²) in [5.41, 5.74) is 5.02. The number of pyridine rings is 1. The van der Waals surface area contributed by atoms with Crippen molar-refractivity contribution in [2.24, 2.45) is 0 Å². The van der Waals surface area contributed by atoms with Crippen molar-refractivity contribution >= 4 is 57.8 Å². The van der Waals surface area contributed by atoms with E-state index in [9.17, 15) is 0 Å². The van der Waals surface area contributed by atoms with Gasteiger partial charge in [-0.15, -0.1) is 0 Å². The Morgan fingerprint density at radius 3 is 2.59 bits per heavy atom. The van der Waals surface area contributed by atoms with Gasteiger partial charge in [-0.1, -0.05) is 35.9 Å². The van der Waals surface area contributed by atoms with Crippen LogP contribution in [0.2, 0.25) is 5.02 Å². The molecule has 3 nitrogen and oxygen atoms in total. The number of fused-ring (bicyclic) bond motifs is 1. The summed E-state index contributed by atoms with van der Waals surface area (Å²) in [6, 6.07) is 26.8. The van der Waals surface area contributed by atoms with Gasteiger partial charge in [0, 0.05) is 39.5 Å². The SMILES string of the molecule is Clc1ccc(NSc2ccc(N3CCS3)cc2)cc1-c1ccc2ccccc2n1. The molecule has 1 fully saturated rings. The molecule has 0 spiro atoms. The Morgan fingerprint density at radius 2 is 1.79 bits per heavy atom. The normalized spacial score (nSPS) is 13.3. The van der Waals surface area contributed by atoms with E-state index in [-0.39, 0.29) is 0 Å². The average Bonchev–Trinajstić information content (AvgIpc) is 2.72. The van der Waals surface area contributed by atoms with Gasteiger partial charge < -0.3 is 9.03 Å². The first-order valence-corrected chi connectivity index (χ1v) is 11.5. The highest BCUT2D eigenvalue weighted by molar-refractivity contribution is 8.02. The first kappa shape index (κ1) is 18.7. The third-order valence-corrected chi connectivity index (χ3v) is 7.04. The molecule has 5 rings (SSSR count). The van der Waals surface area contributed by atoms with Crippen LogP contribution in [-0.2, 0) is 0 Å². The van der Waals surface area contributed by atoms with Crippen LogP contribution < -0.4 is 9.03 Å². The van der Waals surface area contributed by atoms with Crippen LogP contribution in [0.25, 0.3) is 22.2 Å². The van der Waals surface area contributed by atoms with E-state index in [1.807, 2.05) is 48.3 Å². The molecule has 1 aliphatic heterocycles. The van der Waals surface area contributed by atoms with Gasteiger partial charge in [0.15, 0.2) is 0 Å². The van der Waals surface area contributed by atoms with Gasteiger partial charge in [0.2, 0.25) is 0 Å². The molecule has 1 N–H and O–H groups in total. The van der Waals surface area contributed by atoms with E-state index in [1.54, 1.807) is 11.9 Å². The highest BCUT2D eigenvalue weighted by Gasteiger charge is 2.15. The first-order chi connectivity index (χ1) is 14.3. The number of nitrogens with one attached hydrogen (secondary N) is 1. The predicted molar refractivity (Wildman–Crippen MR) is 128 cm³/mol. The second-order valence-corrected chi connectivity index (χ2v) is 9.11. The average molecular weight is 436 g/mol. The van der Waals surface area contributed by atoms with Gasteiger partial charge in [0.25, 0.3) is 0 Å². The number of rotatable bonds is 5. The summed E-state index contributed by atoms with van der Waals surface area (Å²) in [7, 11) is 0. The Morgan fingerprint density at radius 1 is 0.966 bits per heavy atom. The van der Waals surface area contributed by atoms with E-state index >= 15 is 0 Å². The minimum absolute atomic E-state index is 0.694. The monoisotopic (exact) mass is 435 g/mol. The number of anilines is 2. The third kappa shape index (κ3) is 4.04. The van der Waals surface area contributed by atoms with Gasteiger partial charge in [0.1, 0.15) is 0 Å². The van der Waals surface area contributed by atoms with E-state index in [1.165, 1.54) is 16.3 Å². The Labute approximate surface area is 183 Å². The predicted octanol–water partition coefficient (Wildman–Crippen LogP) is 7.14.